The molecule has 1 heterocycles. The van der Waals surface area contributed by atoms with E-state index in [1.165, 1.54) is 11.9 Å². The van der Waals surface area contributed by atoms with Crippen LogP contribution in [-0.4, -0.2) is 30.2 Å². The first kappa shape index (κ1) is 19.8. The van der Waals surface area contributed by atoms with Crippen molar-refractivity contribution in [3.8, 4) is 11.8 Å². The molecule has 0 spiro atoms. The van der Waals surface area contributed by atoms with E-state index in [1.54, 1.807) is 24.3 Å². The predicted octanol–water partition coefficient (Wildman–Crippen LogP) is 4.84. The normalized spacial score (nSPS) is 11.3. The van der Waals surface area contributed by atoms with Gasteiger partial charge in [-0.25, -0.2) is 4.98 Å². The summed E-state index contributed by atoms with van der Waals surface area (Å²) in [5.74, 6) is 0.313. The highest BCUT2D eigenvalue weighted by Gasteiger charge is 2.36. The molecule has 2 aromatic rings. The molecule has 0 N–H and O–H groups in total. The number of aromatic nitrogens is 2. The summed E-state index contributed by atoms with van der Waals surface area (Å²) < 4.78 is 51.0. The minimum atomic E-state index is -4.58. The maximum Gasteiger partial charge on any atom is 0.421 e. The number of hydrogen-bond acceptors (Lipinski definition) is 5. The van der Waals surface area contributed by atoms with E-state index in [-0.39, 0.29) is 11.8 Å². The van der Waals surface area contributed by atoms with Crippen molar-refractivity contribution in [3.05, 3.63) is 36.0 Å². The third-order valence-corrected chi connectivity index (χ3v) is 3.48. The van der Waals surface area contributed by atoms with Crippen molar-refractivity contribution in [3.63, 3.8) is 0 Å². The molecule has 5 nitrogen and oxygen atoms in total. The molecule has 142 valence electrons. The van der Waals surface area contributed by atoms with Crippen LogP contribution in [0.2, 0.25) is 0 Å². The van der Waals surface area contributed by atoms with Crippen LogP contribution in [-0.2, 0) is 6.18 Å². The van der Waals surface area contributed by atoms with Crippen molar-refractivity contribution in [2.45, 2.75) is 32.9 Å². The Morgan fingerprint density at radius 2 is 1.77 bits per heavy atom. The summed E-state index contributed by atoms with van der Waals surface area (Å²) in [6.07, 6.45) is -2.29. The second kappa shape index (κ2) is 8.73. The van der Waals surface area contributed by atoms with E-state index in [0.29, 0.717) is 31.1 Å². The molecule has 2 rings (SSSR count). The lowest BCUT2D eigenvalue weighted by Gasteiger charge is -2.23. The van der Waals surface area contributed by atoms with Gasteiger partial charge >= 0.3 is 12.2 Å². The number of hydrogen-bond donors (Lipinski definition) is 0. The number of rotatable bonds is 8. The van der Waals surface area contributed by atoms with Crippen LogP contribution >= 0.6 is 0 Å². The summed E-state index contributed by atoms with van der Waals surface area (Å²) in [4.78, 5) is 9.00. The molecule has 0 aliphatic heterocycles. The Labute approximate surface area is 150 Å². The van der Waals surface area contributed by atoms with E-state index < -0.39 is 11.7 Å². The fourth-order valence-corrected chi connectivity index (χ4v) is 2.20. The van der Waals surface area contributed by atoms with Crippen LogP contribution in [0.3, 0.4) is 0 Å². The van der Waals surface area contributed by atoms with Gasteiger partial charge in [0.2, 0.25) is 0 Å². The van der Waals surface area contributed by atoms with E-state index in [1.807, 2.05) is 13.8 Å². The second-order valence-corrected chi connectivity index (χ2v) is 5.64. The molecule has 0 amide bonds. The fraction of sp³-hybridized carbons (Fsp3) is 0.444. The molecule has 1 aromatic heterocycles. The van der Waals surface area contributed by atoms with E-state index in [2.05, 4.69) is 9.97 Å². The number of anilines is 2. The molecule has 0 aliphatic carbocycles. The molecule has 0 bridgehead atoms. The van der Waals surface area contributed by atoms with Crippen molar-refractivity contribution in [2.75, 3.05) is 25.2 Å². The third-order valence-electron chi connectivity index (χ3n) is 3.48. The molecule has 0 saturated heterocycles. The fourth-order valence-electron chi connectivity index (χ4n) is 2.20. The molecule has 0 atom stereocenters. The highest BCUT2D eigenvalue weighted by molar-refractivity contribution is 5.64. The van der Waals surface area contributed by atoms with Crippen molar-refractivity contribution in [1.82, 2.24) is 9.97 Å². The summed E-state index contributed by atoms with van der Waals surface area (Å²) >= 11 is 0. The zero-order chi connectivity index (χ0) is 19.2. The van der Waals surface area contributed by atoms with Crippen LogP contribution in [0.5, 0.6) is 11.8 Å². The quantitative estimate of drug-likeness (QED) is 0.666. The third kappa shape index (κ3) is 5.00. The van der Waals surface area contributed by atoms with E-state index >= 15 is 0 Å². The largest absolute Gasteiger partial charge is 0.494 e. The molecule has 8 heteroatoms. The summed E-state index contributed by atoms with van der Waals surface area (Å²) in [5.41, 5.74) is -0.409. The van der Waals surface area contributed by atoms with Crippen LogP contribution < -0.4 is 14.4 Å². The average Bonchev–Trinajstić information content (AvgIpc) is 2.63. The number of benzene rings is 1. The van der Waals surface area contributed by atoms with Crippen LogP contribution in [0.1, 0.15) is 32.3 Å². The van der Waals surface area contributed by atoms with Gasteiger partial charge in [0, 0.05) is 25.0 Å². The first-order valence-electron chi connectivity index (χ1n) is 8.40. The van der Waals surface area contributed by atoms with Gasteiger partial charge in [0.1, 0.15) is 11.3 Å². The zero-order valence-corrected chi connectivity index (χ0v) is 15.0. The number of halogens is 3. The monoisotopic (exact) mass is 369 g/mol. The van der Waals surface area contributed by atoms with Gasteiger partial charge < -0.3 is 14.4 Å². The lowest BCUT2D eigenvalue weighted by Crippen LogP contribution is -2.19. The van der Waals surface area contributed by atoms with E-state index in [4.69, 9.17) is 9.47 Å². The van der Waals surface area contributed by atoms with Gasteiger partial charge in [-0.1, -0.05) is 19.9 Å². The van der Waals surface area contributed by atoms with Gasteiger partial charge in [0.05, 0.1) is 13.2 Å². The van der Waals surface area contributed by atoms with Gasteiger partial charge in [-0.05, 0) is 25.0 Å². The van der Waals surface area contributed by atoms with Gasteiger partial charge in [-0.3, -0.25) is 0 Å². The zero-order valence-electron chi connectivity index (χ0n) is 15.0. The van der Waals surface area contributed by atoms with Crippen molar-refractivity contribution in [1.29, 1.82) is 0 Å². The molecule has 0 unspecified atom stereocenters. The number of ether oxygens (including phenoxy) is 2. The second-order valence-electron chi connectivity index (χ2n) is 5.64. The average molecular weight is 369 g/mol. The predicted molar refractivity (Wildman–Crippen MR) is 93.1 cm³/mol. The first-order chi connectivity index (χ1) is 12.4. The summed E-state index contributed by atoms with van der Waals surface area (Å²) in [7, 11) is 1.51. The van der Waals surface area contributed by atoms with Gasteiger partial charge in [0.15, 0.2) is 5.82 Å². The van der Waals surface area contributed by atoms with Crippen molar-refractivity contribution < 1.29 is 22.6 Å². The van der Waals surface area contributed by atoms with Crippen molar-refractivity contribution >= 4 is 11.5 Å². The van der Waals surface area contributed by atoms with Gasteiger partial charge in [-0.2, -0.15) is 18.2 Å². The molecule has 0 saturated carbocycles. The molecular formula is C18H22F3N3O2. The standard InChI is InChI=1S/C18H22F3N3O2/c1-4-9-25-14-8-6-7-13(11-14)24(3)16-15(18(19,20)21)12-22-17(23-16)26-10-5-2/h6-8,11-12H,4-5,9-10H2,1-3H3. The molecule has 0 radical (unpaired) electrons. The molecule has 1 aromatic carbocycles. The molecule has 26 heavy (non-hydrogen) atoms. The van der Waals surface area contributed by atoms with Crippen LogP contribution in [0.25, 0.3) is 0 Å². The van der Waals surface area contributed by atoms with E-state index in [9.17, 15) is 13.2 Å². The van der Waals surface area contributed by atoms with Crippen LogP contribution in [0.15, 0.2) is 30.5 Å². The number of nitrogens with zero attached hydrogens (tertiary/aromatic N) is 3. The summed E-state index contributed by atoms with van der Waals surface area (Å²) in [6, 6.07) is 6.76. The highest BCUT2D eigenvalue weighted by atomic mass is 19.4. The Balaban J connectivity index is 2.40. The maximum atomic E-state index is 13.4. The lowest BCUT2D eigenvalue weighted by molar-refractivity contribution is -0.137. The Morgan fingerprint density at radius 1 is 1.08 bits per heavy atom. The molecule has 0 aliphatic rings. The maximum absolute atomic E-state index is 13.4. The Hall–Kier alpha value is -2.51. The van der Waals surface area contributed by atoms with Gasteiger partial charge in [-0.15, -0.1) is 0 Å². The minimum absolute atomic E-state index is 0.0833. The highest BCUT2D eigenvalue weighted by Crippen LogP contribution is 2.38. The topological polar surface area (TPSA) is 47.5 Å². The molecular weight excluding hydrogens is 347 g/mol. The van der Waals surface area contributed by atoms with Crippen molar-refractivity contribution in [2.24, 2.45) is 0 Å². The Bertz CT molecular complexity index is 723. The number of alkyl halides is 3. The molecule has 0 fully saturated rings. The Morgan fingerprint density at radius 3 is 2.42 bits per heavy atom. The first-order valence-corrected chi connectivity index (χ1v) is 8.40. The van der Waals surface area contributed by atoms with Gasteiger partial charge in [0.25, 0.3) is 0 Å². The summed E-state index contributed by atoms with van der Waals surface area (Å²) in [6.45, 7) is 4.72. The smallest absolute Gasteiger partial charge is 0.421 e. The minimum Gasteiger partial charge on any atom is -0.494 e. The van der Waals surface area contributed by atoms with E-state index in [0.717, 1.165) is 12.6 Å². The van der Waals surface area contributed by atoms with Crippen LogP contribution in [0, 0.1) is 0 Å². The Kier molecular flexibility index (Phi) is 6.65. The lowest BCUT2D eigenvalue weighted by atomic mass is 10.2. The summed E-state index contributed by atoms with van der Waals surface area (Å²) in [5, 5.41) is 0. The SMILES string of the molecule is CCCOc1cccc(N(C)c2nc(OCCC)ncc2C(F)(F)F)c1. The van der Waals surface area contributed by atoms with Crippen LogP contribution in [0.4, 0.5) is 24.7 Å².